The van der Waals surface area contributed by atoms with Gasteiger partial charge in [-0.05, 0) is 36.1 Å². The smallest absolute Gasteiger partial charge is 0.244 e. The number of imidazole rings is 1. The molecule has 3 rings (SSSR count). The van der Waals surface area contributed by atoms with Crippen molar-refractivity contribution < 1.29 is 17.6 Å². The summed E-state index contributed by atoms with van der Waals surface area (Å²) in [5, 5.41) is 2.91. The molecule has 3 aromatic rings. The van der Waals surface area contributed by atoms with Crippen LogP contribution >= 0.6 is 0 Å². The first kappa shape index (κ1) is 22.9. The number of rotatable bonds is 8. The van der Waals surface area contributed by atoms with Crippen molar-refractivity contribution in [3.05, 3.63) is 60.2 Å². The van der Waals surface area contributed by atoms with E-state index in [0.29, 0.717) is 5.82 Å². The fraction of sp³-hybridized carbons (Fsp3) is 0.364. The molecule has 0 saturated carbocycles. The third-order valence-corrected chi connectivity index (χ3v) is 6.50. The number of para-hydroxylation sites is 2. The van der Waals surface area contributed by atoms with Crippen molar-refractivity contribution in [3.63, 3.8) is 0 Å². The average molecular weight is 447 g/mol. The van der Waals surface area contributed by atoms with Gasteiger partial charge >= 0.3 is 0 Å². The number of aromatic nitrogens is 2. The number of nitrogens with one attached hydrogen (secondary N) is 3. The zero-order valence-corrected chi connectivity index (χ0v) is 18.7. The second-order valence-electron chi connectivity index (χ2n) is 8.14. The van der Waals surface area contributed by atoms with Gasteiger partial charge in [-0.25, -0.2) is 17.8 Å². The van der Waals surface area contributed by atoms with Crippen LogP contribution in [0.1, 0.15) is 39.6 Å². The van der Waals surface area contributed by atoms with Crippen LogP contribution < -0.4 is 10.0 Å². The standard InChI is InChI=1S/C22H27FN4O3S/c1-13(2)19(21-24-16-10-6-7-11-17(16)25-21)26-22(28)20(14(3)4)27-31(29,30)18-12-8-5-9-15(18)23/h5-14,19-20,27H,1-4H3,(H,24,25)(H,26,28)/t19-,20-/m0/s1. The molecule has 31 heavy (non-hydrogen) atoms. The van der Waals surface area contributed by atoms with Crippen molar-refractivity contribution in [1.82, 2.24) is 20.0 Å². The van der Waals surface area contributed by atoms with E-state index in [4.69, 9.17) is 0 Å². The van der Waals surface area contributed by atoms with Crippen LogP contribution in [0.3, 0.4) is 0 Å². The molecule has 7 nitrogen and oxygen atoms in total. The third-order valence-electron chi connectivity index (χ3n) is 5.02. The average Bonchev–Trinajstić information content (AvgIpc) is 3.13. The van der Waals surface area contributed by atoms with Crippen LogP contribution in [0.15, 0.2) is 53.4 Å². The zero-order valence-electron chi connectivity index (χ0n) is 17.9. The number of carbonyl (C=O) groups excluding carboxylic acids is 1. The fourth-order valence-corrected chi connectivity index (χ4v) is 4.72. The minimum absolute atomic E-state index is 0.0134. The number of amides is 1. The maximum Gasteiger partial charge on any atom is 0.244 e. The Labute approximate surface area is 181 Å². The van der Waals surface area contributed by atoms with E-state index in [1.807, 2.05) is 38.1 Å². The van der Waals surface area contributed by atoms with E-state index in [9.17, 15) is 17.6 Å². The van der Waals surface area contributed by atoms with Crippen LogP contribution in [0.2, 0.25) is 0 Å². The van der Waals surface area contributed by atoms with E-state index in [2.05, 4.69) is 20.0 Å². The molecule has 1 amide bonds. The number of halogens is 1. The van der Waals surface area contributed by atoms with Gasteiger partial charge in [0.05, 0.1) is 17.1 Å². The Bertz CT molecular complexity index is 1140. The number of H-pyrrole nitrogens is 1. The molecule has 9 heteroatoms. The quantitative estimate of drug-likeness (QED) is 0.492. The van der Waals surface area contributed by atoms with Gasteiger partial charge in [-0.2, -0.15) is 4.72 Å². The summed E-state index contributed by atoms with van der Waals surface area (Å²) >= 11 is 0. The van der Waals surface area contributed by atoms with Crippen molar-refractivity contribution in [2.75, 3.05) is 0 Å². The number of hydrogen-bond donors (Lipinski definition) is 3. The molecule has 0 aliphatic heterocycles. The van der Waals surface area contributed by atoms with Crippen LogP contribution in [0.25, 0.3) is 11.0 Å². The molecule has 2 aromatic carbocycles. The van der Waals surface area contributed by atoms with Gasteiger partial charge in [-0.1, -0.05) is 52.0 Å². The summed E-state index contributed by atoms with van der Waals surface area (Å²) in [6.45, 7) is 7.32. The topological polar surface area (TPSA) is 104 Å². The first-order valence-corrected chi connectivity index (χ1v) is 11.6. The highest BCUT2D eigenvalue weighted by molar-refractivity contribution is 7.89. The highest BCUT2D eigenvalue weighted by Gasteiger charge is 2.32. The minimum Gasteiger partial charge on any atom is -0.344 e. The Balaban J connectivity index is 1.85. The predicted molar refractivity (Wildman–Crippen MR) is 117 cm³/mol. The van der Waals surface area contributed by atoms with Crippen molar-refractivity contribution in [3.8, 4) is 0 Å². The van der Waals surface area contributed by atoms with Crippen LogP contribution in [-0.2, 0) is 14.8 Å². The van der Waals surface area contributed by atoms with E-state index in [-0.39, 0.29) is 11.8 Å². The molecular weight excluding hydrogens is 419 g/mol. The first-order valence-electron chi connectivity index (χ1n) is 10.1. The van der Waals surface area contributed by atoms with Gasteiger partial charge < -0.3 is 10.3 Å². The zero-order chi connectivity index (χ0) is 22.8. The highest BCUT2D eigenvalue weighted by Crippen LogP contribution is 2.23. The lowest BCUT2D eigenvalue weighted by Gasteiger charge is -2.26. The highest BCUT2D eigenvalue weighted by atomic mass is 32.2. The summed E-state index contributed by atoms with van der Waals surface area (Å²) in [6.07, 6.45) is 0. The Kier molecular flexibility index (Phi) is 6.76. The van der Waals surface area contributed by atoms with Crippen LogP contribution in [0.5, 0.6) is 0 Å². The molecular formula is C22H27FN4O3S. The lowest BCUT2D eigenvalue weighted by Crippen LogP contribution is -2.51. The number of sulfonamides is 1. The van der Waals surface area contributed by atoms with Gasteiger partial charge in [0, 0.05) is 0 Å². The van der Waals surface area contributed by atoms with E-state index >= 15 is 0 Å². The number of aromatic amines is 1. The number of fused-ring (bicyclic) bond motifs is 1. The fourth-order valence-electron chi connectivity index (χ4n) is 3.30. The van der Waals surface area contributed by atoms with Crippen molar-refractivity contribution >= 4 is 27.0 Å². The van der Waals surface area contributed by atoms with Crippen LogP contribution in [0, 0.1) is 17.7 Å². The summed E-state index contributed by atoms with van der Waals surface area (Å²) in [6, 6.07) is 11.0. The van der Waals surface area contributed by atoms with Crippen molar-refractivity contribution in [2.45, 2.75) is 44.7 Å². The molecule has 3 N–H and O–H groups in total. The Morgan fingerprint density at radius 1 is 1.00 bits per heavy atom. The lowest BCUT2D eigenvalue weighted by molar-refractivity contribution is -0.124. The first-order chi connectivity index (χ1) is 14.6. The molecule has 1 heterocycles. The summed E-state index contributed by atoms with van der Waals surface area (Å²) in [4.78, 5) is 20.4. The summed E-state index contributed by atoms with van der Waals surface area (Å²) in [5.74, 6) is -1.18. The summed E-state index contributed by atoms with van der Waals surface area (Å²) in [5.41, 5.74) is 1.62. The molecule has 1 aromatic heterocycles. The maximum absolute atomic E-state index is 14.0. The number of hydrogen-bond acceptors (Lipinski definition) is 4. The number of carbonyl (C=O) groups is 1. The van der Waals surface area contributed by atoms with Gasteiger partial charge in [-0.3, -0.25) is 4.79 Å². The van der Waals surface area contributed by atoms with Gasteiger partial charge in [0.2, 0.25) is 15.9 Å². The molecule has 0 fully saturated rings. The monoisotopic (exact) mass is 446 g/mol. The molecule has 0 bridgehead atoms. The molecule has 0 spiro atoms. The number of benzene rings is 2. The van der Waals surface area contributed by atoms with Gasteiger partial charge in [0.1, 0.15) is 22.6 Å². The second-order valence-corrected chi connectivity index (χ2v) is 9.83. The van der Waals surface area contributed by atoms with E-state index in [1.54, 1.807) is 13.8 Å². The molecule has 0 radical (unpaired) electrons. The van der Waals surface area contributed by atoms with E-state index < -0.39 is 38.7 Å². The molecule has 0 unspecified atom stereocenters. The Morgan fingerprint density at radius 2 is 1.65 bits per heavy atom. The Hall–Kier alpha value is -2.78. The van der Waals surface area contributed by atoms with E-state index in [0.717, 1.165) is 23.2 Å². The third kappa shape index (κ3) is 5.11. The molecule has 0 aliphatic carbocycles. The Morgan fingerprint density at radius 3 is 2.26 bits per heavy atom. The predicted octanol–water partition coefficient (Wildman–Crippen LogP) is 3.52. The largest absolute Gasteiger partial charge is 0.344 e. The maximum atomic E-state index is 14.0. The van der Waals surface area contributed by atoms with Crippen molar-refractivity contribution in [1.29, 1.82) is 0 Å². The number of nitrogens with zero attached hydrogens (tertiary/aromatic N) is 1. The SMILES string of the molecule is CC(C)[C@H](NS(=O)(=O)c1ccccc1F)C(=O)N[C@H](c1nc2ccccc2[nH]1)C(C)C. The van der Waals surface area contributed by atoms with Crippen LogP contribution in [0.4, 0.5) is 4.39 Å². The molecule has 0 saturated heterocycles. The van der Waals surface area contributed by atoms with Crippen molar-refractivity contribution in [2.24, 2.45) is 11.8 Å². The lowest BCUT2D eigenvalue weighted by atomic mass is 10.0. The van der Waals surface area contributed by atoms with Gasteiger partial charge in [0.25, 0.3) is 0 Å². The van der Waals surface area contributed by atoms with Gasteiger partial charge in [0.15, 0.2) is 0 Å². The molecule has 0 aliphatic rings. The summed E-state index contributed by atoms with van der Waals surface area (Å²) in [7, 11) is -4.23. The van der Waals surface area contributed by atoms with Gasteiger partial charge in [-0.15, -0.1) is 0 Å². The molecule has 166 valence electrons. The van der Waals surface area contributed by atoms with Crippen LogP contribution in [-0.4, -0.2) is 30.3 Å². The normalized spacial score (nSPS) is 14.2. The second kappa shape index (κ2) is 9.15. The minimum atomic E-state index is -4.23. The molecule has 2 atom stereocenters. The summed E-state index contributed by atoms with van der Waals surface area (Å²) < 4.78 is 41.9. The van der Waals surface area contributed by atoms with E-state index in [1.165, 1.54) is 12.1 Å².